The quantitative estimate of drug-likeness (QED) is 0.804. The summed E-state index contributed by atoms with van der Waals surface area (Å²) < 4.78 is 14.7. The van der Waals surface area contributed by atoms with Crippen LogP contribution in [0.25, 0.3) is 0 Å². The highest BCUT2D eigenvalue weighted by atomic mass is 79.9. The number of halogens is 2. The molecular weight excluding hydrogens is 363 g/mol. The number of aryl methyl sites for hydroxylation is 1. The predicted molar refractivity (Wildman–Crippen MR) is 87.0 cm³/mol. The predicted octanol–water partition coefficient (Wildman–Crippen LogP) is 3.84. The Bertz CT molecular complexity index is 680. The van der Waals surface area contributed by atoms with E-state index in [0.717, 1.165) is 9.35 Å². The van der Waals surface area contributed by atoms with Gasteiger partial charge in [0.2, 0.25) is 0 Å². The fraction of sp³-hybridized carbons (Fsp3) is 0.0769. The average Bonchev–Trinajstić information content (AvgIpc) is 2.72. The first kappa shape index (κ1) is 15.1. The standard InChI is InChI=1S/C13H10BrFN2OS2/c1-6-4-10(20-11(6)14)13(18)17-9-3-2-7(12(16)19)5-8(9)15/h2-5H,1H3,(H2,16,19)(H,17,18). The van der Waals surface area contributed by atoms with Crippen LogP contribution in [0.2, 0.25) is 0 Å². The molecule has 2 rings (SSSR count). The number of carbonyl (C=O) groups is 1. The zero-order valence-electron chi connectivity index (χ0n) is 10.4. The van der Waals surface area contributed by atoms with E-state index < -0.39 is 5.82 Å². The Balaban J connectivity index is 2.21. The highest BCUT2D eigenvalue weighted by Gasteiger charge is 2.14. The Hall–Kier alpha value is -1.31. The second-order valence-corrected chi connectivity index (χ2v) is 6.89. The Morgan fingerprint density at radius 1 is 1.45 bits per heavy atom. The first-order chi connectivity index (χ1) is 9.38. The molecule has 104 valence electrons. The maximum absolute atomic E-state index is 13.8. The number of nitrogens with one attached hydrogen (secondary N) is 1. The number of nitrogens with two attached hydrogens (primary N) is 1. The SMILES string of the molecule is Cc1cc(C(=O)Nc2ccc(C(N)=S)cc2F)sc1Br. The van der Waals surface area contributed by atoms with Gasteiger partial charge in [0.15, 0.2) is 0 Å². The van der Waals surface area contributed by atoms with E-state index in [2.05, 4.69) is 21.2 Å². The molecule has 0 saturated carbocycles. The van der Waals surface area contributed by atoms with Gasteiger partial charge in [-0.05, 0) is 52.7 Å². The fourth-order valence-electron chi connectivity index (χ4n) is 1.53. The Morgan fingerprint density at radius 2 is 2.15 bits per heavy atom. The van der Waals surface area contributed by atoms with Gasteiger partial charge in [0, 0.05) is 5.56 Å². The van der Waals surface area contributed by atoms with Gasteiger partial charge in [0.05, 0.1) is 14.4 Å². The average molecular weight is 373 g/mol. The molecule has 2 aromatic rings. The normalized spacial score (nSPS) is 10.3. The number of amides is 1. The smallest absolute Gasteiger partial charge is 0.265 e. The zero-order chi connectivity index (χ0) is 14.9. The molecule has 0 saturated heterocycles. The van der Waals surface area contributed by atoms with Gasteiger partial charge in [-0.3, -0.25) is 4.79 Å². The maximum Gasteiger partial charge on any atom is 0.265 e. The van der Waals surface area contributed by atoms with Crippen LogP contribution in [0.1, 0.15) is 20.8 Å². The molecule has 0 aliphatic heterocycles. The third-order valence-corrected chi connectivity index (χ3v) is 4.95. The number of benzene rings is 1. The summed E-state index contributed by atoms with van der Waals surface area (Å²) in [4.78, 5) is 12.6. The van der Waals surface area contributed by atoms with Crippen molar-refractivity contribution in [2.45, 2.75) is 6.92 Å². The molecule has 0 unspecified atom stereocenters. The van der Waals surface area contributed by atoms with Crippen molar-refractivity contribution in [1.82, 2.24) is 0 Å². The highest BCUT2D eigenvalue weighted by Crippen LogP contribution is 2.28. The summed E-state index contributed by atoms with van der Waals surface area (Å²) in [5.41, 5.74) is 6.90. The number of carbonyl (C=O) groups excluding carboxylic acids is 1. The second-order valence-electron chi connectivity index (χ2n) is 4.08. The van der Waals surface area contributed by atoms with Crippen LogP contribution in [-0.2, 0) is 0 Å². The van der Waals surface area contributed by atoms with Gasteiger partial charge < -0.3 is 11.1 Å². The molecule has 1 aromatic heterocycles. The molecule has 0 spiro atoms. The van der Waals surface area contributed by atoms with Crippen LogP contribution in [0.5, 0.6) is 0 Å². The number of rotatable bonds is 3. The van der Waals surface area contributed by atoms with E-state index >= 15 is 0 Å². The van der Waals surface area contributed by atoms with Crippen molar-refractivity contribution in [1.29, 1.82) is 0 Å². The molecule has 0 radical (unpaired) electrons. The van der Waals surface area contributed by atoms with Gasteiger partial charge in [-0.1, -0.05) is 12.2 Å². The van der Waals surface area contributed by atoms with Gasteiger partial charge in [-0.15, -0.1) is 11.3 Å². The Morgan fingerprint density at radius 3 is 2.65 bits per heavy atom. The summed E-state index contributed by atoms with van der Waals surface area (Å²) in [6.07, 6.45) is 0. The number of anilines is 1. The summed E-state index contributed by atoms with van der Waals surface area (Å²) in [6.45, 7) is 1.88. The Kier molecular flexibility index (Phi) is 4.52. The number of hydrogen-bond acceptors (Lipinski definition) is 3. The molecule has 0 atom stereocenters. The summed E-state index contributed by atoms with van der Waals surface area (Å²) in [6, 6.07) is 5.95. The summed E-state index contributed by atoms with van der Waals surface area (Å²) in [7, 11) is 0. The second kappa shape index (κ2) is 5.99. The van der Waals surface area contributed by atoms with Gasteiger partial charge >= 0.3 is 0 Å². The summed E-state index contributed by atoms with van der Waals surface area (Å²) >= 11 is 9.41. The lowest BCUT2D eigenvalue weighted by molar-refractivity contribution is 0.103. The van der Waals surface area contributed by atoms with E-state index in [4.69, 9.17) is 18.0 Å². The topological polar surface area (TPSA) is 55.1 Å². The van der Waals surface area contributed by atoms with Crippen LogP contribution in [0.3, 0.4) is 0 Å². The van der Waals surface area contributed by atoms with Crippen LogP contribution in [0.4, 0.5) is 10.1 Å². The highest BCUT2D eigenvalue weighted by molar-refractivity contribution is 9.11. The van der Waals surface area contributed by atoms with Crippen molar-refractivity contribution in [3.8, 4) is 0 Å². The summed E-state index contributed by atoms with van der Waals surface area (Å²) in [5, 5.41) is 2.52. The molecule has 1 heterocycles. The van der Waals surface area contributed by atoms with Gasteiger partial charge in [0.25, 0.3) is 5.91 Å². The van der Waals surface area contributed by atoms with Crippen LogP contribution >= 0.6 is 39.5 Å². The lowest BCUT2D eigenvalue weighted by atomic mass is 10.2. The monoisotopic (exact) mass is 372 g/mol. The number of hydrogen-bond donors (Lipinski definition) is 2. The van der Waals surface area contributed by atoms with Gasteiger partial charge in [-0.25, -0.2) is 4.39 Å². The van der Waals surface area contributed by atoms with E-state index in [0.29, 0.717) is 10.4 Å². The first-order valence-corrected chi connectivity index (χ1v) is 7.57. The largest absolute Gasteiger partial charge is 0.389 e. The molecule has 0 bridgehead atoms. The lowest BCUT2D eigenvalue weighted by Crippen LogP contribution is -2.13. The molecule has 7 heteroatoms. The van der Waals surface area contributed by atoms with E-state index in [-0.39, 0.29) is 16.6 Å². The van der Waals surface area contributed by atoms with Crippen LogP contribution in [0, 0.1) is 12.7 Å². The fourth-order valence-corrected chi connectivity index (χ4v) is 3.08. The van der Waals surface area contributed by atoms with Crippen molar-refractivity contribution >= 4 is 56.1 Å². The minimum absolute atomic E-state index is 0.0946. The van der Waals surface area contributed by atoms with Crippen molar-refractivity contribution in [2.24, 2.45) is 5.73 Å². The zero-order valence-corrected chi connectivity index (χ0v) is 13.6. The Labute approximate surface area is 133 Å². The lowest BCUT2D eigenvalue weighted by Gasteiger charge is -2.06. The van der Waals surface area contributed by atoms with E-state index in [1.165, 1.54) is 23.5 Å². The van der Waals surface area contributed by atoms with Crippen molar-refractivity contribution in [3.05, 3.63) is 49.9 Å². The number of thiocarbonyl (C=S) groups is 1. The third kappa shape index (κ3) is 3.23. The van der Waals surface area contributed by atoms with Crippen LogP contribution < -0.4 is 11.1 Å². The molecule has 20 heavy (non-hydrogen) atoms. The van der Waals surface area contributed by atoms with Crippen molar-refractivity contribution in [3.63, 3.8) is 0 Å². The molecule has 3 N–H and O–H groups in total. The van der Waals surface area contributed by atoms with Crippen LogP contribution in [0.15, 0.2) is 28.1 Å². The molecule has 0 aliphatic rings. The van der Waals surface area contributed by atoms with Gasteiger partial charge in [-0.2, -0.15) is 0 Å². The molecule has 0 fully saturated rings. The van der Waals surface area contributed by atoms with E-state index in [1.807, 2.05) is 6.92 Å². The van der Waals surface area contributed by atoms with Crippen LogP contribution in [-0.4, -0.2) is 10.9 Å². The van der Waals surface area contributed by atoms with E-state index in [9.17, 15) is 9.18 Å². The van der Waals surface area contributed by atoms with E-state index in [1.54, 1.807) is 12.1 Å². The molecule has 1 aromatic carbocycles. The maximum atomic E-state index is 13.8. The molecule has 0 aliphatic carbocycles. The van der Waals surface area contributed by atoms with Gasteiger partial charge in [0.1, 0.15) is 10.8 Å². The summed E-state index contributed by atoms with van der Waals surface area (Å²) in [5.74, 6) is -0.929. The number of thiophene rings is 1. The molecule has 3 nitrogen and oxygen atoms in total. The third-order valence-electron chi connectivity index (χ3n) is 2.58. The minimum atomic E-state index is -0.573. The first-order valence-electron chi connectivity index (χ1n) is 5.55. The molecular formula is C13H10BrFN2OS2. The van der Waals surface area contributed by atoms with Crippen molar-refractivity contribution in [2.75, 3.05) is 5.32 Å². The minimum Gasteiger partial charge on any atom is -0.389 e. The van der Waals surface area contributed by atoms with Crippen molar-refractivity contribution < 1.29 is 9.18 Å². The molecule has 1 amide bonds.